The molecule has 7 nitrogen and oxygen atoms in total. The van der Waals surface area contributed by atoms with Crippen molar-refractivity contribution < 1.29 is 14.5 Å². The maximum atomic E-state index is 12.0. The van der Waals surface area contributed by atoms with Crippen LogP contribution in [0.25, 0.3) is 0 Å². The van der Waals surface area contributed by atoms with Gasteiger partial charge in [-0.25, -0.2) is 0 Å². The zero-order valence-electron chi connectivity index (χ0n) is 11.3. The molecule has 3 rings (SSSR count). The van der Waals surface area contributed by atoms with Crippen molar-refractivity contribution in [1.29, 1.82) is 0 Å². The fraction of sp³-hybridized carbons (Fsp3) is 0.429. The van der Waals surface area contributed by atoms with Crippen molar-refractivity contribution in [3.63, 3.8) is 0 Å². The molecular weight excluding hydrogens is 274 g/mol. The molecule has 0 heterocycles. The van der Waals surface area contributed by atoms with E-state index in [-0.39, 0.29) is 40.7 Å². The lowest BCUT2D eigenvalue weighted by molar-refractivity contribution is -0.384. The van der Waals surface area contributed by atoms with Crippen LogP contribution in [0.4, 0.5) is 5.69 Å². The van der Waals surface area contributed by atoms with Crippen molar-refractivity contribution >= 4 is 17.5 Å². The summed E-state index contributed by atoms with van der Waals surface area (Å²) in [6.45, 7) is 0. The Labute approximate surface area is 120 Å². The first-order chi connectivity index (χ1) is 10.0. The summed E-state index contributed by atoms with van der Waals surface area (Å²) in [6.07, 6.45) is 3.71. The molecule has 2 aliphatic rings. The van der Waals surface area contributed by atoms with E-state index in [0.717, 1.165) is 25.7 Å². The van der Waals surface area contributed by atoms with Crippen LogP contribution in [0, 0.1) is 10.1 Å². The van der Waals surface area contributed by atoms with Gasteiger partial charge in [-0.3, -0.25) is 19.7 Å². The topological polar surface area (TPSA) is 101 Å². The SMILES string of the molecule is O=C(NC1CC1)c1cc(C(=O)NC2CC2)cc([N+](=O)[O-])c1. The highest BCUT2D eigenvalue weighted by Gasteiger charge is 2.27. The van der Waals surface area contributed by atoms with E-state index in [4.69, 9.17) is 0 Å². The number of nitrogens with zero attached hydrogens (tertiary/aromatic N) is 1. The van der Waals surface area contributed by atoms with Crippen LogP contribution in [-0.2, 0) is 0 Å². The molecule has 0 radical (unpaired) electrons. The summed E-state index contributed by atoms with van der Waals surface area (Å²) in [5.41, 5.74) is 0.0495. The van der Waals surface area contributed by atoms with E-state index in [1.165, 1.54) is 18.2 Å². The van der Waals surface area contributed by atoms with Gasteiger partial charge >= 0.3 is 0 Å². The average molecular weight is 289 g/mol. The number of nitro benzene ring substituents is 1. The van der Waals surface area contributed by atoms with E-state index < -0.39 is 4.92 Å². The highest BCUT2D eigenvalue weighted by atomic mass is 16.6. The number of hydrogen-bond acceptors (Lipinski definition) is 4. The molecule has 2 aliphatic carbocycles. The second kappa shape index (κ2) is 5.16. The van der Waals surface area contributed by atoms with Gasteiger partial charge < -0.3 is 10.6 Å². The Morgan fingerprint density at radius 1 is 0.952 bits per heavy atom. The molecule has 2 amide bonds. The van der Waals surface area contributed by atoms with Crippen LogP contribution in [0.5, 0.6) is 0 Å². The average Bonchev–Trinajstić information content (AvgIpc) is 3.34. The maximum absolute atomic E-state index is 12.0. The van der Waals surface area contributed by atoms with Gasteiger partial charge in [0, 0.05) is 35.3 Å². The van der Waals surface area contributed by atoms with Gasteiger partial charge in [-0.2, -0.15) is 0 Å². The Morgan fingerprint density at radius 2 is 1.38 bits per heavy atom. The van der Waals surface area contributed by atoms with Crippen molar-refractivity contribution in [1.82, 2.24) is 10.6 Å². The van der Waals surface area contributed by atoms with Crippen molar-refractivity contribution in [2.45, 2.75) is 37.8 Å². The van der Waals surface area contributed by atoms with E-state index >= 15 is 0 Å². The molecule has 0 saturated heterocycles. The highest BCUT2D eigenvalue weighted by Crippen LogP contribution is 2.23. The predicted molar refractivity (Wildman–Crippen MR) is 74.1 cm³/mol. The minimum absolute atomic E-state index is 0.150. The summed E-state index contributed by atoms with van der Waals surface area (Å²) in [5.74, 6) is -0.747. The quantitative estimate of drug-likeness (QED) is 0.631. The smallest absolute Gasteiger partial charge is 0.271 e. The van der Waals surface area contributed by atoms with E-state index in [1.54, 1.807) is 0 Å². The van der Waals surface area contributed by atoms with Crippen LogP contribution >= 0.6 is 0 Å². The third-order valence-corrected chi connectivity index (χ3v) is 3.48. The molecule has 0 spiro atoms. The summed E-state index contributed by atoms with van der Waals surface area (Å²) in [5, 5.41) is 16.5. The summed E-state index contributed by atoms with van der Waals surface area (Å²) in [4.78, 5) is 34.4. The molecule has 21 heavy (non-hydrogen) atoms. The Kier molecular flexibility index (Phi) is 3.32. The van der Waals surface area contributed by atoms with Gasteiger partial charge in [-0.05, 0) is 31.7 Å². The van der Waals surface area contributed by atoms with Gasteiger partial charge in [0.15, 0.2) is 0 Å². The number of amides is 2. The largest absolute Gasteiger partial charge is 0.349 e. The molecule has 2 N–H and O–H groups in total. The second-order valence-corrected chi connectivity index (χ2v) is 5.52. The van der Waals surface area contributed by atoms with E-state index in [2.05, 4.69) is 10.6 Å². The molecule has 1 aromatic rings. The molecule has 0 aliphatic heterocycles. The Balaban J connectivity index is 1.86. The summed E-state index contributed by atoms with van der Waals surface area (Å²) >= 11 is 0. The van der Waals surface area contributed by atoms with Crippen molar-refractivity contribution in [3.8, 4) is 0 Å². The number of carbonyl (C=O) groups excluding carboxylic acids is 2. The molecule has 0 bridgehead atoms. The first-order valence-corrected chi connectivity index (χ1v) is 6.94. The molecule has 0 atom stereocenters. The Hall–Kier alpha value is -2.44. The fourth-order valence-corrected chi connectivity index (χ4v) is 1.97. The molecule has 0 aromatic heterocycles. The van der Waals surface area contributed by atoms with Crippen LogP contribution in [0.3, 0.4) is 0 Å². The minimum Gasteiger partial charge on any atom is -0.349 e. The van der Waals surface area contributed by atoms with Gasteiger partial charge in [0.25, 0.3) is 17.5 Å². The van der Waals surface area contributed by atoms with Crippen LogP contribution in [0.15, 0.2) is 18.2 Å². The van der Waals surface area contributed by atoms with Crippen molar-refractivity contribution in [2.75, 3.05) is 0 Å². The molecule has 2 fully saturated rings. The van der Waals surface area contributed by atoms with Crippen LogP contribution in [0.1, 0.15) is 46.4 Å². The van der Waals surface area contributed by atoms with Gasteiger partial charge in [0.05, 0.1) is 4.92 Å². The molecule has 7 heteroatoms. The lowest BCUT2D eigenvalue weighted by Gasteiger charge is -2.07. The van der Waals surface area contributed by atoms with Crippen LogP contribution < -0.4 is 10.6 Å². The number of benzene rings is 1. The Bertz CT molecular complexity index is 576. The lowest BCUT2D eigenvalue weighted by atomic mass is 10.1. The van der Waals surface area contributed by atoms with Crippen molar-refractivity contribution in [3.05, 3.63) is 39.4 Å². The third kappa shape index (κ3) is 3.36. The first-order valence-electron chi connectivity index (χ1n) is 6.94. The van der Waals surface area contributed by atoms with Crippen LogP contribution in [-0.4, -0.2) is 28.8 Å². The highest BCUT2D eigenvalue weighted by molar-refractivity contribution is 6.01. The first kappa shape index (κ1) is 13.5. The van der Waals surface area contributed by atoms with Gasteiger partial charge in [-0.1, -0.05) is 0 Å². The zero-order valence-corrected chi connectivity index (χ0v) is 11.3. The van der Waals surface area contributed by atoms with E-state index in [0.29, 0.717) is 0 Å². The number of nitro groups is 1. The van der Waals surface area contributed by atoms with E-state index in [9.17, 15) is 19.7 Å². The summed E-state index contributed by atoms with van der Waals surface area (Å²) in [6, 6.07) is 4.11. The van der Waals surface area contributed by atoms with Gasteiger partial charge in [-0.15, -0.1) is 0 Å². The molecular formula is C14H15N3O4. The molecule has 110 valence electrons. The number of nitrogens with one attached hydrogen (secondary N) is 2. The number of hydrogen-bond donors (Lipinski definition) is 2. The van der Waals surface area contributed by atoms with Gasteiger partial charge in [0.1, 0.15) is 0 Å². The van der Waals surface area contributed by atoms with Crippen LogP contribution in [0.2, 0.25) is 0 Å². The molecule has 2 saturated carbocycles. The van der Waals surface area contributed by atoms with E-state index in [1.807, 2.05) is 0 Å². The Morgan fingerprint density at radius 3 is 1.71 bits per heavy atom. The molecule has 1 aromatic carbocycles. The standard InChI is InChI=1S/C14H15N3O4/c18-13(15-10-1-2-10)8-5-9(7-12(6-8)17(20)21)14(19)16-11-3-4-11/h5-7,10-11H,1-4H2,(H,15,18)(H,16,19). The molecule has 0 unspecified atom stereocenters. The maximum Gasteiger partial charge on any atom is 0.271 e. The summed E-state index contributed by atoms with van der Waals surface area (Å²) < 4.78 is 0. The third-order valence-electron chi connectivity index (χ3n) is 3.48. The lowest BCUT2D eigenvalue weighted by Crippen LogP contribution is -2.28. The zero-order chi connectivity index (χ0) is 15.0. The second-order valence-electron chi connectivity index (χ2n) is 5.52. The number of non-ortho nitro benzene ring substituents is 1. The fourth-order valence-electron chi connectivity index (χ4n) is 1.97. The van der Waals surface area contributed by atoms with Crippen molar-refractivity contribution in [2.24, 2.45) is 0 Å². The van der Waals surface area contributed by atoms with Gasteiger partial charge in [0.2, 0.25) is 0 Å². The number of rotatable bonds is 5. The monoisotopic (exact) mass is 289 g/mol. The minimum atomic E-state index is -0.595. The normalized spacial score (nSPS) is 17.1. The number of carbonyl (C=O) groups is 2. The summed E-state index contributed by atoms with van der Waals surface area (Å²) in [7, 11) is 0. The predicted octanol–water partition coefficient (Wildman–Crippen LogP) is 1.38.